The summed E-state index contributed by atoms with van der Waals surface area (Å²) in [6.45, 7) is 8.87. The molecule has 26 heavy (non-hydrogen) atoms. The molecular weight excluding hydrogens is 459 g/mol. The van der Waals surface area contributed by atoms with Crippen molar-refractivity contribution in [3.8, 4) is 0 Å². The molecule has 0 radical (unpaired) electrons. The van der Waals surface area contributed by atoms with E-state index < -0.39 is 0 Å². The Labute approximate surface area is 179 Å². The molecule has 0 saturated heterocycles. The lowest BCUT2D eigenvalue weighted by Gasteiger charge is -2.27. The van der Waals surface area contributed by atoms with Gasteiger partial charge in [0.05, 0.1) is 0 Å². The van der Waals surface area contributed by atoms with Crippen LogP contribution in [-0.2, 0) is 17.8 Å². The number of halogens is 1. The summed E-state index contributed by atoms with van der Waals surface area (Å²) in [4.78, 5) is 20.1. The molecule has 1 aromatic rings. The second-order valence-electron chi connectivity index (χ2n) is 7.20. The van der Waals surface area contributed by atoms with Gasteiger partial charge in [0, 0.05) is 44.0 Å². The van der Waals surface area contributed by atoms with Gasteiger partial charge in [-0.3, -0.25) is 9.79 Å². The van der Waals surface area contributed by atoms with Gasteiger partial charge in [-0.05, 0) is 49.1 Å². The van der Waals surface area contributed by atoms with Gasteiger partial charge in [-0.1, -0.05) is 13.8 Å². The summed E-state index contributed by atoms with van der Waals surface area (Å²) >= 11 is 1.80. The molecule has 2 rings (SSSR count). The molecule has 0 aromatic carbocycles. The van der Waals surface area contributed by atoms with Gasteiger partial charge in [0.25, 0.3) is 0 Å². The van der Waals surface area contributed by atoms with Crippen LogP contribution in [0.15, 0.2) is 16.4 Å². The van der Waals surface area contributed by atoms with E-state index in [1.165, 1.54) is 16.9 Å². The Hall–Kier alpha value is -0.830. The van der Waals surface area contributed by atoms with Crippen molar-refractivity contribution in [1.82, 2.24) is 15.5 Å². The largest absolute Gasteiger partial charge is 0.356 e. The van der Waals surface area contributed by atoms with Crippen molar-refractivity contribution in [1.29, 1.82) is 0 Å². The normalized spacial score (nSPS) is 15.3. The summed E-state index contributed by atoms with van der Waals surface area (Å²) in [6.07, 6.45) is 3.81. The highest BCUT2D eigenvalue weighted by Crippen LogP contribution is 2.24. The zero-order chi connectivity index (χ0) is 18.2. The first-order valence-corrected chi connectivity index (χ1v) is 10.2. The second kappa shape index (κ2) is 11.8. The van der Waals surface area contributed by atoms with Crippen LogP contribution in [0.25, 0.3) is 0 Å². The number of nitrogens with one attached hydrogen (secondary N) is 2. The average Bonchev–Trinajstić information content (AvgIpc) is 3.06. The van der Waals surface area contributed by atoms with Gasteiger partial charge in [-0.2, -0.15) is 0 Å². The maximum absolute atomic E-state index is 12.4. The van der Waals surface area contributed by atoms with Crippen molar-refractivity contribution < 1.29 is 4.79 Å². The number of aliphatic imine (C=N–C) groups is 1. The number of carbonyl (C=O) groups excluding carboxylic acids is 1. The van der Waals surface area contributed by atoms with Crippen molar-refractivity contribution >= 4 is 47.2 Å². The maximum atomic E-state index is 12.4. The highest BCUT2D eigenvalue weighted by molar-refractivity contribution is 14.0. The second-order valence-corrected chi connectivity index (χ2v) is 8.20. The van der Waals surface area contributed by atoms with E-state index in [2.05, 4.69) is 47.8 Å². The van der Waals surface area contributed by atoms with Gasteiger partial charge in [0.2, 0.25) is 5.91 Å². The van der Waals surface area contributed by atoms with Crippen LogP contribution in [0, 0.1) is 5.92 Å². The van der Waals surface area contributed by atoms with Gasteiger partial charge < -0.3 is 15.5 Å². The fourth-order valence-electron chi connectivity index (χ4n) is 2.99. The van der Waals surface area contributed by atoms with Crippen LogP contribution >= 0.6 is 35.3 Å². The van der Waals surface area contributed by atoms with Gasteiger partial charge in [-0.15, -0.1) is 35.3 Å². The van der Waals surface area contributed by atoms with Crippen molar-refractivity contribution in [3.63, 3.8) is 0 Å². The Morgan fingerprint density at radius 2 is 2.12 bits per heavy atom. The molecular formula is C19H33IN4OS. The molecule has 5 nitrogen and oxygen atoms in total. The van der Waals surface area contributed by atoms with E-state index in [1.807, 2.05) is 4.90 Å². The summed E-state index contributed by atoms with van der Waals surface area (Å²) in [7, 11) is 1.77. The fourth-order valence-corrected chi connectivity index (χ4v) is 3.88. The third-order valence-corrected chi connectivity index (χ3v) is 5.60. The molecule has 0 aliphatic carbocycles. The predicted octanol–water partition coefficient (Wildman–Crippen LogP) is 3.63. The molecule has 1 unspecified atom stereocenters. The lowest BCUT2D eigenvalue weighted by atomic mass is 10.0. The molecule has 0 saturated carbocycles. The highest BCUT2D eigenvalue weighted by Gasteiger charge is 2.21. The molecule has 0 spiro atoms. The molecule has 1 aromatic heterocycles. The number of carbonyl (C=O) groups is 1. The summed E-state index contributed by atoms with van der Waals surface area (Å²) in [5.41, 5.74) is 1.31. The maximum Gasteiger partial charge on any atom is 0.224 e. The SMILES string of the molecule is CN=C(NCCC(=O)N1CCc2sccc2C1)NC(C)CCC(C)C.I. The number of hydrogen-bond donors (Lipinski definition) is 2. The zero-order valence-electron chi connectivity index (χ0n) is 16.4. The molecule has 1 aliphatic heterocycles. The third kappa shape index (κ3) is 7.42. The van der Waals surface area contributed by atoms with Crippen molar-refractivity contribution in [2.75, 3.05) is 20.1 Å². The molecule has 0 fully saturated rings. The fraction of sp³-hybridized carbons (Fsp3) is 0.684. The van der Waals surface area contributed by atoms with Crippen LogP contribution in [-0.4, -0.2) is 42.9 Å². The highest BCUT2D eigenvalue weighted by atomic mass is 127. The number of guanidine groups is 1. The van der Waals surface area contributed by atoms with Crippen molar-refractivity contribution in [3.05, 3.63) is 21.9 Å². The van der Waals surface area contributed by atoms with Gasteiger partial charge in [-0.25, -0.2) is 0 Å². The quantitative estimate of drug-likeness (QED) is 0.347. The van der Waals surface area contributed by atoms with Crippen LogP contribution < -0.4 is 10.6 Å². The summed E-state index contributed by atoms with van der Waals surface area (Å²) in [6, 6.07) is 2.52. The molecule has 1 amide bonds. The van der Waals surface area contributed by atoms with E-state index in [4.69, 9.17) is 0 Å². The number of fused-ring (bicyclic) bond motifs is 1. The monoisotopic (exact) mass is 492 g/mol. The molecule has 0 bridgehead atoms. The summed E-state index contributed by atoms with van der Waals surface area (Å²) < 4.78 is 0. The number of nitrogens with zero attached hydrogens (tertiary/aromatic N) is 2. The Morgan fingerprint density at radius 3 is 2.81 bits per heavy atom. The molecule has 148 valence electrons. The Morgan fingerprint density at radius 1 is 1.35 bits per heavy atom. The zero-order valence-corrected chi connectivity index (χ0v) is 19.5. The Kier molecular flexibility index (Phi) is 10.5. The van der Waals surface area contributed by atoms with Crippen LogP contribution in [0.4, 0.5) is 0 Å². The first kappa shape index (κ1) is 23.2. The standard InChI is InChI=1S/C19H32N4OS.HI/c1-14(2)5-6-15(3)22-19(20-4)21-10-7-18(24)23-11-8-17-16(13-23)9-12-25-17;/h9,12,14-15H,5-8,10-11,13H2,1-4H3,(H2,20,21,22);1H. The number of thiophene rings is 1. The molecule has 1 atom stereocenters. The van der Waals surface area contributed by atoms with Gasteiger partial charge in [0.15, 0.2) is 5.96 Å². The van der Waals surface area contributed by atoms with Crippen molar-refractivity contribution in [2.45, 2.75) is 59.0 Å². The van der Waals surface area contributed by atoms with E-state index in [-0.39, 0.29) is 29.9 Å². The minimum absolute atomic E-state index is 0. The van der Waals surface area contributed by atoms with Crippen LogP contribution in [0.1, 0.15) is 50.5 Å². The van der Waals surface area contributed by atoms with E-state index in [0.717, 1.165) is 31.9 Å². The van der Waals surface area contributed by atoms with Gasteiger partial charge in [0.1, 0.15) is 0 Å². The van der Waals surface area contributed by atoms with E-state index in [0.29, 0.717) is 24.9 Å². The van der Waals surface area contributed by atoms with E-state index in [9.17, 15) is 4.79 Å². The molecule has 2 N–H and O–H groups in total. The van der Waals surface area contributed by atoms with E-state index >= 15 is 0 Å². The number of rotatable bonds is 7. The minimum Gasteiger partial charge on any atom is -0.356 e. The Bertz CT molecular complexity index is 588. The smallest absolute Gasteiger partial charge is 0.224 e. The topological polar surface area (TPSA) is 56.7 Å². The lowest BCUT2D eigenvalue weighted by Crippen LogP contribution is -2.44. The van der Waals surface area contributed by atoms with Crippen LogP contribution in [0.3, 0.4) is 0 Å². The summed E-state index contributed by atoms with van der Waals surface area (Å²) in [5, 5.41) is 8.79. The van der Waals surface area contributed by atoms with E-state index in [1.54, 1.807) is 18.4 Å². The van der Waals surface area contributed by atoms with Gasteiger partial charge >= 0.3 is 0 Å². The summed E-state index contributed by atoms with van der Waals surface area (Å²) in [5.74, 6) is 1.71. The third-order valence-electron chi connectivity index (χ3n) is 4.58. The predicted molar refractivity (Wildman–Crippen MR) is 122 cm³/mol. The van der Waals surface area contributed by atoms with Crippen molar-refractivity contribution in [2.24, 2.45) is 10.9 Å². The Balaban J connectivity index is 0.00000338. The molecule has 1 aliphatic rings. The number of amides is 1. The van der Waals surface area contributed by atoms with Crippen LogP contribution in [0.2, 0.25) is 0 Å². The number of hydrogen-bond acceptors (Lipinski definition) is 3. The average molecular weight is 492 g/mol. The first-order chi connectivity index (χ1) is 12.0. The molecule has 7 heteroatoms. The van der Waals surface area contributed by atoms with Crippen LogP contribution in [0.5, 0.6) is 0 Å². The first-order valence-electron chi connectivity index (χ1n) is 9.29. The molecule has 2 heterocycles. The lowest BCUT2D eigenvalue weighted by molar-refractivity contribution is -0.131. The minimum atomic E-state index is 0.